The van der Waals surface area contributed by atoms with Crippen LogP contribution >= 0.6 is 0 Å². The Labute approximate surface area is 120 Å². The highest BCUT2D eigenvalue weighted by molar-refractivity contribution is 5.44. The molecule has 4 nitrogen and oxygen atoms in total. The summed E-state index contributed by atoms with van der Waals surface area (Å²) in [5.74, 6) is 1.49. The van der Waals surface area contributed by atoms with Crippen molar-refractivity contribution in [3.63, 3.8) is 0 Å². The predicted molar refractivity (Wildman–Crippen MR) is 80.8 cm³/mol. The number of anilines is 1. The molecule has 1 aromatic heterocycles. The Bertz CT molecular complexity index is 538. The molecule has 0 saturated carbocycles. The molecule has 0 radical (unpaired) electrons. The van der Waals surface area contributed by atoms with Gasteiger partial charge in [0, 0.05) is 25.1 Å². The van der Waals surface area contributed by atoms with Crippen molar-refractivity contribution >= 4 is 5.69 Å². The summed E-state index contributed by atoms with van der Waals surface area (Å²) >= 11 is 0. The second-order valence-electron chi connectivity index (χ2n) is 6.38. The smallest absolute Gasteiger partial charge is 0.228 e. The van der Waals surface area contributed by atoms with Gasteiger partial charge in [0.2, 0.25) is 5.89 Å². The molecule has 0 amide bonds. The SMILES string of the molecule is Cc1ccc(NCCc2nc(CC(C)(C)C)no2)cc1. The van der Waals surface area contributed by atoms with Crippen LogP contribution in [0.2, 0.25) is 0 Å². The molecule has 0 unspecified atom stereocenters. The first-order valence-electron chi connectivity index (χ1n) is 7.04. The zero-order valence-corrected chi connectivity index (χ0v) is 12.7. The molecule has 2 aromatic rings. The Kier molecular flexibility index (Phi) is 4.42. The Morgan fingerprint density at radius 3 is 2.50 bits per heavy atom. The van der Waals surface area contributed by atoms with Crippen LogP contribution in [0.4, 0.5) is 5.69 Å². The second kappa shape index (κ2) is 6.07. The quantitative estimate of drug-likeness (QED) is 0.904. The van der Waals surface area contributed by atoms with E-state index in [0.29, 0.717) is 5.89 Å². The van der Waals surface area contributed by atoms with E-state index < -0.39 is 0 Å². The fraction of sp³-hybridized carbons (Fsp3) is 0.500. The van der Waals surface area contributed by atoms with Crippen molar-refractivity contribution in [2.75, 3.05) is 11.9 Å². The number of nitrogens with one attached hydrogen (secondary N) is 1. The number of hydrogen-bond acceptors (Lipinski definition) is 4. The molecule has 0 aliphatic heterocycles. The Morgan fingerprint density at radius 1 is 1.15 bits per heavy atom. The molecular formula is C16H23N3O. The van der Waals surface area contributed by atoms with E-state index in [0.717, 1.165) is 30.9 Å². The topological polar surface area (TPSA) is 51.0 Å². The van der Waals surface area contributed by atoms with Crippen LogP contribution in [0.5, 0.6) is 0 Å². The van der Waals surface area contributed by atoms with Crippen molar-refractivity contribution < 1.29 is 4.52 Å². The fourth-order valence-electron chi connectivity index (χ4n) is 1.92. The summed E-state index contributed by atoms with van der Waals surface area (Å²) < 4.78 is 5.27. The van der Waals surface area contributed by atoms with Crippen molar-refractivity contribution in [1.82, 2.24) is 10.1 Å². The van der Waals surface area contributed by atoms with Crippen molar-refractivity contribution in [2.45, 2.75) is 40.5 Å². The number of rotatable bonds is 5. The minimum absolute atomic E-state index is 0.182. The van der Waals surface area contributed by atoms with Crippen LogP contribution in [-0.4, -0.2) is 16.7 Å². The molecule has 0 fully saturated rings. The first-order valence-corrected chi connectivity index (χ1v) is 7.04. The van der Waals surface area contributed by atoms with Gasteiger partial charge in [-0.3, -0.25) is 0 Å². The van der Waals surface area contributed by atoms with Crippen LogP contribution in [0.3, 0.4) is 0 Å². The summed E-state index contributed by atoms with van der Waals surface area (Å²) in [6.07, 6.45) is 1.58. The Morgan fingerprint density at radius 2 is 1.85 bits per heavy atom. The van der Waals surface area contributed by atoms with Gasteiger partial charge in [-0.05, 0) is 24.5 Å². The highest BCUT2D eigenvalue weighted by Gasteiger charge is 2.15. The third-order valence-electron chi connectivity index (χ3n) is 2.92. The lowest BCUT2D eigenvalue weighted by Crippen LogP contribution is -2.10. The molecule has 0 spiro atoms. The zero-order valence-electron chi connectivity index (χ0n) is 12.7. The summed E-state index contributed by atoms with van der Waals surface area (Å²) in [4.78, 5) is 4.42. The Balaban J connectivity index is 1.81. The fourth-order valence-corrected chi connectivity index (χ4v) is 1.92. The predicted octanol–water partition coefficient (Wildman–Crippen LogP) is 3.62. The van der Waals surface area contributed by atoms with E-state index in [9.17, 15) is 0 Å². The van der Waals surface area contributed by atoms with Crippen molar-refractivity contribution in [2.24, 2.45) is 5.41 Å². The lowest BCUT2D eigenvalue weighted by atomic mass is 9.92. The van der Waals surface area contributed by atoms with E-state index in [1.165, 1.54) is 5.56 Å². The third-order valence-corrected chi connectivity index (χ3v) is 2.92. The number of aryl methyl sites for hydroxylation is 1. The molecule has 2 rings (SSSR count). The first-order chi connectivity index (χ1) is 9.42. The van der Waals surface area contributed by atoms with Gasteiger partial charge in [0.25, 0.3) is 0 Å². The molecule has 0 bridgehead atoms. The van der Waals surface area contributed by atoms with Gasteiger partial charge in [0.1, 0.15) is 0 Å². The van der Waals surface area contributed by atoms with Crippen molar-refractivity contribution in [3.8, 4) is 0 Å². The molecule has 1 N–H and O–H groups in total. The standard InChI is InChI=1S/C16H23N3O/c1-12-5-7-13(8-6-12)17-10-9-15-18-14(19-20-15)11-16(2,3)4/h5-8,17H,9-11H2,1-4H3. The van der Waals surface area contributed by atoms with E-state index >= 15 is 0 Å². The van der Waals surface area contributed by atoms with E-state index in [2.05, 4.69) is 67.4 Å². The van der Waals surface area contributed by atoms with Gasteiger partial charge in [-0.25, -0.2) is 0 Å². The number of nitrogens with zero attached hydrogens (tertiary/aromatic N) is 2. The summed E-state index contributed by atoms with van der Waals surface area (Å²) in [5.41, 5.74) is 2.56. The van der Waals surface area contributed by atoms with Crippen LogP contribution in [0.15, 0.2) is 28.8 Å². The normalized spacial score (nSPS) is 11.6. The minimum atomic E-state index is 0.182. The average molecular weight is 273 g/mol. The van der Waals surface area contributed by atoms with Gasteiger partial charge < -0.3 is 9.84 Å². The van der Waals surface area contributed by atoms with Gasteiger partial charge in [-0.1, -0.05) is 43.6 Å². The maximum atomic E-state index is 5.27. The number of hydrogen-bond donors (Lipinski definition) is 1. The van der Waals surface area contributed by atoms with Crippen molar-refractivity contribution in [1.29, 1.82) is 0 Å². The average Bonchev–Trinajstić information content (AvgIpc) is 2.77. The van der Waals surface area contributed by atoms with Gasteiger partial charge >= 0.3 is 0 Å². The monoisotopic (exact) mass is 273 g/mol. The molecule has 1 aromatic carbocycles. The maximum absolute atomic E-state index is 5.27. The molecule has 0 aliphatic carbocycles. The molecule has 4 heteroatoms. The van der Waals surface area contributed by atoms with Crippen LogP contribution in [0.1, 0.15) is 38.0 Å². The molecular weight excluding hydrogens is 250 g/mol. The van der Waals surface area contributed by atoms with Gasteiger partial charge in [-0.2, -0.15) is 4.98 Å². The van der Waals surface area contributed by atoms with E-state index in [1.54, 1.807) is 0 Å². The van der Waals surface area contributed by atoms with Gasteiger partial charge in [0.05, 0.1) is 0 Å². The first kappa shape index (κ1) is 14.6. The van der Waals surface area contributed by atoms with E-state index in [4.69, 9.17) is 4.52 Å². The zero-order chi connectivity index (χ0) is 14.6. The minimum Gasteiger partial charge on any atom is -0.385 e. The summed E-state index contributed by atoms with van der Waals surface area (Å²) in [6, 6.07) is 8.34. The molecule has 0 atom stereocenters. The summed E-state index contributed by atoms with van der Waals surface area (Å²) in [5, 5.41) is 7.37. The molecule has 0 saturated heterocycles. The highest BCUT2D eigenvalue weighted by atomic mass is 16.5. The van der Waals surface area contributed by atoms with Crippen molar-refractivity contribution in [3.05, 3.63) is 41.5 Å². The maximum Gasteiger partial charge on any atom is 0.228 e. The van der Waals surface area contributed by atoms with E-state index in [-0.39, 0.29) is 5.41 Å². The van der Waals surface area contributed by atoms with Gasteiger partial charge in [-0.15, -0.1) is 0 Å². The van der Waals surface area contributed by atoms with E-state index in [1.807, 2.05) is 0 Å². The number of benzene rings is 1. The second-order valence-corrected chi connectivity index (χ2v) is 6.38. The Hall–Kier alpha value is -1.84. The number of aromatic nitrogens is 2. The lowest BCUT2D eigenvalue weighted by Gasteiger charge is -2.14. The van der Waals surface area contributed by atoms with Crippen LogP contribution in [0, 0.1) is 12.3 Å². The molecule has 108 valence electrons. The molecule has 0 aliphatic rings. The molecule has 20 heavy (non-hydrogen) atoms. The summed E-state index contributed by atoms with van der Waals surface area (Å²) in [7, 11) is 0. The summed E-state index contributed by atoms with van der Waals surface area (Å²) in [6.45, 7) is 9.38. The van der Waals surface area contributed by atoms with Crippen LogP contribution in [-0.2, 0) is 12.8 Å². The largest absolute Gasteiger partial charge is 0.385 e. The lowest BCUT2D eigenvalue weighted by molar-refractivity contribution is 0.355. The molecule has 1 heterocycles. The van der Waals surface area contributed by atoms with Crippen LogP contribution < -0.4 is 5.32 Å². The highest BCUT2D eigenvalue weighted by Crippen LogP contribution is 2.18. The van der Waals surface area contributed by atoms with Crippen LogP contribution in [0.25, 0.3) is 0 Å². The van der Waals surface area contributed by atoms with Gasteiger partial charge in [0.15, 0.2) is 5.82 Å². The third kappa shape index (κ3) is 4.68.